The van der Waals surface area contributed by atoms with Crippen LogP contribution in [0.4, 0.5) is 0 Å². The van der Waals surface area contributed by atoms with Gasteiger partial charge in [0.15, 0.2) is 0 Å². The Labute approximate surface area is 207 Å². The highest BCUT2D eigenvalue weighted by molar-refractivity contribution is 7.08. The van der Waals surface area contributed by atoms with E-state index in [-0.39, 0.29) is 24.8 Å². The van der Waals surface area contributed by atoms with Gasteiger partial charge in [-0.3, -0.25) is 14.3 Å². The minimum atomic E-state index is -0.163. The molecule has 2 aromatic heterocycles. The molecule has 6 nitrogen and oxygen atoms in total. The lowest BCUT2D eigenvalue weighted by molar-refractivity contribution is -0.130. The zero-order valence-corrected chi connectivity index (χ0v) is 20.4. The number of amides is 2. The largest absolute Gasteiger partial charge is 0.351 e. The highest BCUT2D eigenvalue weighted by Gasteiger charge is 2.17. The average molecular weight is 493 g/mol. The molecule has 0 radical (unpaired) electrons. The maximum absolute atomic E-state index is 12.7. The summed E-state index contributed by atoms with van der Waals surface area (Å²) in [5.74, 6) is -0.215. The number of hydrogen-bond donors (Lipinski definition) is 1. The first-order chi connectivity index (χ1) is 16.5. The third kappa shape index (κ3) is 5.92. The Bertz CT molecular complexity index is 1260. The van der Waals surface area contributed by atoms with Crippen molar-refractivity contribution in [1.29, 1.82) is 0 Å². The van der Waals surface area contributed by atoms with E-state index in [0.29, 0.717) is 23.7 Å². The van der Waals surface area contributed by atoms with Crippen molar-refractivity contribution in [2.45, 2.75) is 19.5 Å². The van der Waals surface area contributed by atoms with Gasteiger partial charge >= 0.3 is 0 Å². The molecule has 0 aliphatic carbocycles. The number of carbonyl (C=O) groups is 2. The van der Waals surface area contributed by atoms with Crippen molar-refractivity contribution in [3.05, 3.63) is 99.3 Å². The van der Waals surface area contributed by atoms with Gasteiger partial charge in [-0.15, -0.1) is 0 Å². The van der Waals surface area contributed by atoms with Gasteiger partial charge in [0.25, 0.3) is 5.91 Å². The van der Waals surface area contributed by atoms with Crippen molar-refractivity contribution >= 4 is 34.8 Å². The lowest BCUT2D eigenvalue weighted by Crippen LogP contribution is -2.31. The zero-order valence-electron chi connectivity index (χ0n) is 18.8. The van der Waals surface area contributed by atoms with Crippen LogP contribution >= 0.6 is 22.9 Å². The number of rotatable bonds is 9. The fraction of sp³-hybridized carbons (Fsp3) is 0.192. The van der Waals surface area contributed by atoms with Crippen LogP contribution < -0.4 is 5.32 Å². The van der Waals surface area contributed by atoms with Gasteiger partial charge in [0.2, 0.25) is 5.91 Å². The second kappa shape index (κ2) is 11.1. The summed E-state index contributed by atoms with van der Waals surface area (Å²) < 4.78 is 1.86. The molecule has 1 N–H and O–H groups in total. The van der Waals surface area contributed by atoms with Crippen molar-refractivity contribution in [2.24, 2.45) is 0 Å². The Kier molecular flexibility index (Phi) is 7.77. The Hall–Kier alpha value is -3.42. The van der Waals surface area contributed by atoms with E-state index in [2.05, 4.69) is 5.32 Å². The van der Waals surface area contributed by atoms with E-state index in [1.54, 1.807) is 23.4 Å². The second-order valence-electron chi connectivity index (χ2n) is 7.93. The first-order valence-corrected chi connectivity index (χ1v) is 12.2. The van der Waals surface area contributed by atoms with E-state index in [1.807, 2.05) is 70.9 Å². The summed E-state index contributed by atoms with van der Waals surface area (Å²) in [6.45, 7) is 1.23. The van der Waals surface area contributed by atoms with Crippen LogP contribution in [0.3, 0.4) is 0 Å². The van der Waals surface area contributed by atoms with Crippen LogP contribution in [0.5, 0.6) is 0 Å². The number of nitrogens with zero attached hydrogens (tertiary/aromatic N) is 3. The van der Waals surface area contributed by atoms with Gasteiger partial charge < -0.3 is 10.2 Å². The molecule has 0 spiro atoms. The molecule has 0 atom stereocenters. The van der Waals surface area contributed by atoms with Crippen molar-refractivity contribution < 1.29 is 9.59 Å². The van der Waals surface area contributed by atoms with E-state index >= 15 is 0 Å². The predicted octanol–water partition coefficient (Wildman–Crippen LogP) is 5.09. The Balaban J connectivity index is 1.45. The second-order valence-corrected chi connectivity index (χ2v) is 9.11. The highest BCUT2D eigenvalue weighted by Crippen LogP contribution is 2.24. The van der Waals surface area contributed by atoms with Crippen LogP contribution in [-0.4, -0.2) is 40.1 Å². The number of hydrogen-bond acceptors (Lipinski definition) is 4. The first kappa shape index (κ1) is 23.7. The van der Waals surface area contributed by atoms with Gasteiger partial charge in [0, 0.05) is 59.8 Å². The third-order valence-electron chi connectivity index (χ3n) is 5.42. The molecule has 0 saturated heterocycles. The van der Waals surface area contributed by atoms with E-state index in [0.717, 1.165) is 22.4 Å². The van der Waals surface area contributed by atoms with Gasteiger partial charge in [-0.05, 0) is 23.1 Å². The summed E-state index contributed by atoms with van der Waals surface area (Å²) in [5, 5.41) is 11.9. The van der Waals surface area contributed by atoms with E-state index in [9.17, 15) is 9.59 Å². The molecule has 0 unspecified atom stereocenters. The number of nitrogens with one attached hydrogen (secondary N) is 1. The minimum Gasteiger partial charge on any atom is -0.351 e. The van der Waals surface area contributed by atoms with E-state index in [1.165, 1.54) is 11.3 Å². The summed E-state index contributed by atoms with van der Waals surface area (Å²) in [6.07, 6.45) is 2.19. The Morgan fingerprint density at radius 2 is 1.82 bits per heavy atom. The Morgan fingerprint density at radius 3 is 2.56 bits per heavy atom. The molecule has 4 rings (SSSR count). The number of aromatic nitrogens is 2. The van der Waals surface area contributed by atoms with Crippen LogP contribution in [0, 0.1) is 0 Å². The Morgan fingerprint density at radius 1 is 1.06 bits per heavy atom. The van der Waals surface area contributed by atoms with Crippen molar-refractivity contribution in [3.8, 4) is 11.3 Å². The number of carbonyl (C=O) groups excluding carboxylic acids is 2. The quantitative estimate of drug-likeness (QED) is 0.354. The maximum Gasteiger partial charge on any atom is 0.252 e. The van der Waals surface area contributed by atoms with E-state index < -0.39 is 0 Å². The van der Waals surface area contributed by atoms with Gasteiger partial charge in [-0.25, -0.2) is 0 Å². The lowest BCUT2D eigenvalue weighted by atomic mass is 10.1. The summed E-state index contributed by atoms with van der Waals surface area (Å²) in [6, 6.07) is 19.4. The van der Waals surface area contributed by atoms with Crippen LogP contribution in [0.1, 0.15) is 27.9 Å². The van der Waals surface area contributed by atoms with Crippen LogP contribution in [0.2, 0.25) is 5.02 Å². The monoisotopic (exact) mass is 492 g/mol. The normalized spacial score (nSPS) is 10.8. The van der Waals surface area contributed by atoms with Crippen LogP contribution in [0.25, 0.3) is 11.3 Å². The summed E-state index contributed by atoms with van der Waals surface area (Å²) in [5.41, 5.74) is 4.35. The summed E-state index contributed by atoms with van der Waals surface area (Å²) in [7, 11) is 1.77. The molecule has 8 heteroatoms. The van der Waals surface area contributed by atoms with Gasteiger partial charge in [-0.1, -0.05) is 60.1 Å². The smallest absolute Gasteiger partial charge is 0.252 e. The maximum atomic E-state index is 12.7. The van der Waals surface area contributed by atoms with Crippen molar-refractivity contribution in [2.75, 3.05) is 13.6 Å². The molecular formula is C26H25ClN4O2S. The number of thiophene rings is 1. The SMILES string of the molecule is CN(Cc1cn(Cc2ccccc2Cl)nc1-c1ccccc1)C(=O)CCNC(=O)c1ccsc1. The molecule has 0 aliphatic rings. The van der Waals surface area contributed by atoms with Gasteiger partial charge in [0.05, 0.1) is 12.2 Å². The van der Waals surface area contributed by atoms with Crippen molar-refractivity contribution in [1.82, 2.24) is 20.0 Å². The van der Waals surface area contributed by atoms with Crippen molar-refractivity contribution in [3.63, 3.8) is 0 Å². The third-order valence-corrected chi connectivity index (χ3v) is 6.47. The zero-order chi connectivity index (χ0) is 23.9. The topological polar surface area (TPSA) is 67.2 Å². The molecule has 0 aliphatic heterocycles. The molecule has 2 heterocycles. The predicted molar refractivity (Wildman–Crippen MR) is 136 cm³/mol. The lowest BCUT2D eigenvalue weighted by Gasteiger charge is -2.17. The number of halogens is 1. The van der Waals surface area contributed by atoms with E-state index in [4.69, 9.17) is 16.7 Å². The highest BCUT2D eigenvalue weighted by atomic mass is 35.5. The molecule has 0 fully saturated rings. The number of benzene rings is 2. The van der Waals surface area contributed by atoms with Gasteiger partial charge in [-0.2, -0.15) is 16.4 Å². The first-order valence-electron chi connectivity index (χ1n) is 10.9. The van der Waals surface area contributed by atoms with Gasteiger partial charge in [0.1, 0.15) is 0 Å². The standard InChI is InChI=1S/C26H25ClN4O2S/c1-30(24(32)11-13-28-26(33)21-12-14-34-18-21)15-22-17-31(16-20-9-5-6-10-23(20)27)29-25(22)19-7-3-2-4-8-19/h2-10,12,14,17-18H,11,13,15-16H2,1H3,(H,28,33). The summed E-state index contributed by atoms with van der Waals surface area (Å²) in [4.78, 5) is 26.5. The molecule has 0 bridgehead atoms. The molecule has 4 aromatic rings. The van der Waals surface area contributed by atoms with Crippen LogP contribution in [0.15, 0.2) is 77.6 Å². The fourth-order valence-corrected chi connectivity index (χ4v) is 4.44. The molecular weight excluding hydrogens is 468 g/mol. The molecule has 2 aromatic carbocycles. The minimum absolute atomic E-state index is 0.0523. The van der Waals surface area contributed by atoms with Crippen LogP contribution in [-0.2, 0) is 17.9 Å². The molecule has 2 amide bonds. The summed E-state index contributed by atoms with van der Waals surface area (Å²) >= 11 is 7.81. The average Bonchev–Trinajstić information content (AvgIpc) is 3.51. The molecule has 174 valence electrons. The molecule has 0 saturated carbocycles. The molecule has 34 heavy (non-hydrogen) atoms. The fourth-order valence-electron chi connectivity index (χ4n) is 3.61.